The van der Waals surface area contributed by atoms with Crippen molar-refractivity contribution >= 4 is 11.7 Å². The van der Waals surface area contributed by atoms with Crippen LogP contribution in [0.2, 0.25) is 0 Å². The molecule has 7 nitrogen and oxygen atoms in total. The number of ketones is 1. The minimum Gasteiger partial charge on any atom is -0.494 e. The summed E-state index contributed by atoms with van der Waals surface area (Å²) in [5.74, 6) is 2.65. The zero-order chi connectivity index (χ0) is 23.8. The van der Waals surface area contributed by atoms with Gasteiger partial charge in [0, 0.05) is 23.6 Å². The molecule has 34 heavy (non-hydrogen) atoms. The van der Waals surface area contributed by atoms with Crippen molar-refractivity contribution < 1.29 is 23.5 Å². The highest BCUT2D eigenvalue weighted by molar-refractivity contribution is 6.01. The number of hydrogen-bond acceptors (Lipinski definition) is 7. The second kappa shape index (κ2) is 8.89. The Bertz CT molecular complexity index is 1260. The van der Waals surface area contributed by atoms with Gasteiger partial charge in [-0.25, -0.2) is 0 Å². The molecule has 1 aliphatic heterocycles. The summed E-state index contributed by atoms with van der Waals surface area (Å²) in [5, 5.41) is 7.57. The van der Waals surface area contributed by atoms with Crippen molar-refractivity contribution in [2.24, 2.45) is 0 Å². The second-order valence-corrected chi connectivity index (χ2v) is 8.61. The molecule has 2 unspecified atom stereocenters. The monoisotopic (exact) mass is 460 g/mol. The predicted molar refractivity (Wildman–Crippen MR) is 128 cm³/mol. The Kier molecular flexibility index (Phi) is 5.77. The number of rotatable bonds is 6. The van der Waals surface area contributed by atoms with Gasteiger partial charge in [-0.1, -0.05) is 23.4 Å². The Morgan fingerprint density at radius 3 is 2.47 bits per heavy atom. The van der Waals surface area contributed by atoms with E-state index < -0.39 is 0 Å². The number of fused-ring (bicyclic) bond motifs is 1. The molecule has 2 atom stereocenters. The number of aromatic nitrogens is 1. The van der Waals surface area contributed by atoms with Crippen LogP contribution in [-0.2, 0) is 4.79 Å². The topological polar surface area (TPSA) is 82.8 Å². The van der Waals surface area contributed by atoms with Crippen LogP contribution in [0.15, 0.2) is 58.3 Å². The van der Waals surface area contributed by atoms with Crippen molar-refractivity contribution in [3.05, 3.63) is 76.1 Å². The van der Waals surface area contributed by atoms with Crippen molar-refractivity contribution in [1.29, 1.82) is 0 Å². The maximum Gasteiger partial charge on any atom is 0.233 e. The molecular weight excluding hydrogens is 432 g/mol. The van der Waals surface area contributed by atoms with E-state index in [9.17, 15) is 4.79 Å². The standard InChI is InChI=1S/C27H28N2O5/c1-5-33-19-9-6-16(7-10-19)25-24-15(2)29-34-27(24)28-20-12-18(13-21(30)26(20)25)17-8-11-22(31-3)23(14-17)32-4/h6-11,14,18,25,28H,5,12-13H2,1-4H3. The number of hydrogen-bond donors (Lipinski definition) is 1. The molecule has 0 amide bonds. The maximum absolute atomic E-state index is 13.7. The van der Waals surface area contributed by atoms with Gasteiger partial charge < -0.3 is 24.1 Å². The number of carbonyl (C=O) groups excluding carboxylic acids is 1. The highest BCUT2D eigenvalue weighted by atomic mass is 16.5. The molecule has 0 spiro atoms. The SMILES string of the molecule is CCOc1ccc(C2C3=C(CC(c4ccc(OC)c(OC)c4)CC3=O)Nc3onc(C)c32)cc1. The highest BCUT2D eigenvalue weighted by Crippen LogP contribution is 2.49. The van der Waals surface area contributed by atoms with Gasteiger partial charge in [0.15, 0.2) is 17.3 Å². The number of carbonyl (C=O) groups is 1. The third-order valence-electron chi connectivity index (χ3n) is 6.66. The van der Waals surface area contributed by atoms with Crippen LogP contribution in [0.25, 0.3) is 0 Å². The molecule has 1 aromatic heterocycles. The fraction of sp³-hybridized carbons (Fsp3) is 0.333. The van der Waals surface area contributed by atoms with E-state index in [1.165, 1.54) is 0 Å². The number of allylic oxidation sites excluding steroid dienone is 2. The molecule has 1 N–H and O–H groups in total. The summed E-state index contributed by atoms with van der Waals surface area (Å²) in [6.45, 7) is 4.48. The fourth-order valence-corrected chi connectivity index (χ4v) is 5.07. The predicted octanol–water partition coefficient (Wildman–Crippen LogP) is 5.36. The number of anilines is 1. The molecule has 5 rings (SSSR count). The molecular formula is C27H28N2O5. The van der Waals surface area contributed by atoms with Crippen molar-refractivity contribution in [1.82, 2.24) is 5.16 Å². The lowest BCUT2D eigenvalue weighted by atomic mass is 9.72. The first kappa shape index (κ1) is 22.1. The Hall–Kier alpha value is -3.74. The second-order valence-electron chi connectivity index (χ2n) is 8.61. The van der Waals surface area contributed by atoms with Gasteiger partial charge in [-0.3, -0.25) is 4.79 Å². The van der Waals surface area contributed by atoms with Crippen molar-refractivity contribution in [2.75, 3.05) is 26.1 Å². The number of nitrogens with one attached hydrogen (secondary N) is 1. The smallest absolute Gasteiger partial charge is 0.233 e. The third-order valence-corrected chi connectivity index (χ3v) is 6.66. The van der Waals surface area contributed by atoms with Crippen LogP contribution in [0.4, 0.5) is 5.88 Å². The lowest BCUT2D eigenvalue weighted by Gasteiger charge is -2.34. The first-order valence-corrected chi connectivity index (χ1v) is 11.5. The van der Waals surface area contributed by atoms with Gasteiger partial charge in [0.25, 0.3) is 0 Å². The minimum absolute atomic E-state index is 0.0186. The van der Waals surface area contributed by atoms with E-state index in [4.69, 9.17) is 18.7 Å². The largest absolute Gasteiger partial charge is 0.494 e. The lowest BCUT2D eigenvalue weighted by Crippen LogP contribution is -2.29. The average molecular weight is 461 g/mol. The number of nitrogens with zero attached hydrogens (tertiary/aromatic N) is 1. The van der Waals surface area contributed by atoms with Crippen LogP contribution >= 0.6 is 0 Å². The Labute approximate surface area is 198 Å². The van der Waals surface area contributed by atoms with Gasteiger partial charge >= 0.3 is 0 Å². The van der Waals surface area contributed by atoms with Gasteiger partial charge in [0.1, 0.15) is 5.75 Å². The number of benzene rings is 2. The molecule has 2 heterocycles. The normalized spacial score (nSPS) is 19.2. The van der Waals surface area contributed by atoms with Crippen LogP contribution < -0.4 is 19.5 Å². The van der Waals surface area contributed by atoms with Gasteiger partial charge in [0.2, 0.25) is 5.88 Å². The number of aryl methyl sites for hydroxylation is 1. The summed E-state index contributed by atoms with van der Waals surface area (Å²) in [6, 6.07) is 13.8. The maximum atomic E-state index is 13.7. The van der Waals surface area contributed by atoms with Crippen LogP contribution in [0.3, 0.4) is 0 Å². The van der Waals surface area contributed by atoms with E-state index >= 15 is 0 Å². The average Bonchev–Trinajstić information content (AvgIpc) is 3.23. The summed E-state index contributed by atoms with van der Waals surface area (Å²) in [5.41, 5.74) is 5.43. The molecule has 0 saturated carbocycles. The van der Waals surface area contributed by atoms with E-state index in [0.717, 1.165) is 39.4 Å². The minimum atomic E-state index is -0.230. The number of Topliss-reactive ketones (excluding diaryl/α,β-unsaturated/α-hetero) is 1. The molecule has 3 aromatic rings. The molecule has 0 bridgehead atoms. The summed E-state index contributed by atoms with van der Waals surface area (Å²) in [4.78, 5) is 13.7. The third kappa shape index (κ3) is 3.71. The summed E-state index contributed by atoms with van der Waals surface area (Å²) in [6.07, 6.45) is 1.10. The van der Waals surface area contributed by atoms with E-state index in [0.29, 0.717) is 36.8 Å². The summed E-state index contributed by atoms with van der Waals surface area (Å²) in [7, 11) is 3.23. The van der Waals surface area contributed by atoms with Crippen LogP contribution in [0.1, 0.15) is 54.0 Å². The van der Waals surface area contributed by atoms with Gasteiger partial charge in [0.05, 0.1) is 32.1 Å². The first-order valence-electron chi connectivity index (χ1n) is 11.5. The van der Waals surface area contributed by atoms with Crippen LogP contribution in [0.5, 0.6) is 17.2 Å². The first-order chi connectivity index (χ1) is 16.5. The van der Waals surface area contributed by atoms with E-state index in [2.05, 4.69) is 10.5 Å². The van der Waals surface area contributed by atoms with Gasteiger partial charge in [-0.15, -0.1) is 0 Å². The molecule has 7 heteroatoms. The highest BCUT2D eigenvalue weighted by Gasteiger charge is 2.41. The lowest BCUT2D eigenvalue weighted by molar-refractivity contribution is -0.116. The molecule has 0 saturated heterocycles. The fourth-order valence-electron chi connectivity index (χ4n) is 5.07. The van der Waals surface area contributed by atoms with E-state index in [1.54, 1.807) is 14.2 Å². The van der Waals surface area contributed by atoms with E-state index in [-0.39, 0.29) is 17.6 Å². The molecule has 2 aromatic carbocycles. The van der Waals surface area contributed by atoms with Crippen molar-refractivity contribution in [3.63, 3.8) is 0 Å². The molecule has 0 fully saturated rings. The van der Waals surface area contributed by atoms with E-state index in [1.807, 2.05) is 56.3 Å². The Morgan fingerprint density at radius 1 is 1.03 bits per heavy atom. The Balaban J connectivity index is 1.55. The van der Waals surface area contributed by atoms with Gasteiger partial charge in [-0.2, -0.15) is 0 Å². The van der Waals surface area contributed by atoms with Crippen molar-refractivity contribution in [3.8, 4) is 17.2 Å². The molecule has 2 aliphatic rings. The molecule has 0 radical (unpaired) electrons. The molecule has 176 valence electrons. The number of ether oxygens (including phenoxy) is 3. The van der Waals surface area contributed by atoms with Crippen LogP contribution in [0, 0.1) is 6.92 Å². The zero-order valence-electron chi connectivity index (χ0n) is 19.8. The zero-order valence-corrected chi connectivity index (χ0v) is 19.8. The summed E-state index contributed by atoms with van der Waals surface area (Å²) >= 11 is 0. The molecule has 1 aliphatic carbocycles. The van der Waals surface area contributed by atoms with Gasteiger partial charge in [-0.05, 0) is 61.6 Å². The number of methoxy groups -OCH3 is 2. The van der Waals surface area contributed by atoms with Crippen LogP contribution in [-0.4, -0.2) is 31.8 Å². The summed E-state index contributed by atoms with van der Waals surface area (Å²) < 4.78 is 22.1. The quantitative estimate of drug-likeness (QED) is 0.530. The Morgan fingerprint density at radius 2 is 1.76 bits per heavy atom. The van der Waals surface area contributed by atoms with Crippen molar-refractivity contribution in [2.45, 2.75) is 38.5 Å².